The van der Waals surface area contributed by atoms with Gasteiger partial charge in [0.05, 0.1) is 25.3 Å². The lowest BCUT2D eigenvalue weighted by Crippen LogP contribution is -2.47. The van der Waals surface area contributed by atoms with E-state index in [1.165, 1.54) is 12.8 Å². The molecule has 118 valence electrons. The third-order valence-corrected chi connectivity index (χ3v) is 4.36. The van der Waals surface area contributed by atoms with Gasteiger partial charge in [-0.05, 0) is 50.3 Å². The molecule has 0 aromatic heterocycles. The van der Waals surface area contributed by atoms with Crippen LogP contribution in [0, 0.1) is 5.92 Å². The maximum atomic E-state index is 9.62. The van der Waals surface area contributed by atoms with E-state index in [2.05, 4.69) is 12.2 Å². The number of halogens is 1. The molecule has 0 amide bonds. The first-order chi connectivity index (χ1) is 10.0. The molecule has 1 aliphatic rings. The van der Waals surface area contributed by atoms with Crippen LogP contribution in [0.15, 0.2) is 12.1 Å². The highest BCUT2D eigenvalue weighted by atomic mass is 35.5. The fourth-order valence-corrected chi connectivity index (χ4v) is 2.85. The largest absolute Gasteiger partial charge is 0.491 e. The van der Waals surface area contributed by atoms with Crippen molar-refractivity contribution < 1.29 is 14.6 Å². The summed E-state index contributed by atoms with van der Waals surface area (Å²) in [7, 11) is 1.58. The Morgan fingerprint density at radius 2 is 2.14 bits per heavy atom. The molecule has 21 heavy (non-hydrogen) atoms. The zero-order valence-corrected chi connectivity index (χ0v) is 13.7. The number of methoxy groups -OCH3 is 1. The van der Waals surface area contributed by atoms with Gasteiger partial charge in [-0.3, -0.25) is 0 Å². The summed E-state index contributed by atoms with van der Waals surface area (Å²) in [5, 5.41) is 13.6. The second-order valence-electron chi connectivity index (χ2n) is 5.75. The van der Waals surface area contributed by atoms with Crippen LogP contribution in [0.1, 0.15) is 32.3 Å². The lowest BCUT2D eigenvalue weighted by atomic mass is 9.96. The molecular weight excluding hydrogens is 290 g/mol. The highest BCUT2D eigenvalue weighted by Crippen LogP contribution is 2.40. The summed E-state index contributed by atoms with van der Waals surface area (Å²) in [6, 6.07) is 3.81. The van der Waals surface area contributed by atoms with E-state index in [9.17, 15) is 5.11 Å². The molecular formula is C16H24ClNO3. The third-order valence-electron chi connectivity index (χ3n) is 4.08. The molecule has 2 rings (SSSR count). The van der Waals surface area contributed by atoms with Crippen LogP contribution in [0.25, 0.3) is 0 Å². The number of ether oxygens (including phenoxy) is 2. The predicted molar refractivity (Wildman–Crippen MR) is 84.2 cm³/mol. The topological polar surface area (TPSA) is 50.7 Å². The Hall–Kier alpha value is -0.970. The lowest BCUT2D eigenvalue weighted by molar-refractivity contribution is 0.153. The first-order valence-corrected chi connectivity index (χ1v) is 7.77. The van der Waals surface area contributed by atoms with E-state index in [1.54, 1.807) is 7.11 Å². The number of benzene rings is 1. The van der Waals surface area contributed by atoms with Crippen molar-refractivity contribution in [2.24, 2.45) is 5.92 Å². The Morgan fingerprint density at radius 1 is 1.43 bits per heavy atom. The quantitative estimate of drug-likeness (QED) is 0.774. The maximum absolute atomic E-state index is 9.62. The fraction of sp³-hybridized carbons (Fsp3) is 0.625. The summed E-state index contributed by atoms with van der Waals surface area (Å²) >= 11 is 6.25. The van der Waals surface area contributed by atoms with E-state index in [0.29, 0.717) is 35.6 Å². The summed E-state index contributed by atoms with van der Waals surface area (Å²) in [6.45, 7) is 5.32. The molecule has 0 aliphatic heterocycles. The van der Waals surface area contributed by atoms with Gasteiger partial charge in [0.1, 0.15) is 0 Å². The maximum Gasteiger partial charge on any atom is 0.179 e. The smallest absolute Gasteiger partial charge is 0.179 e. The molecule has 0 bridgehead atoms. The predicted octanol–water partition coefficient (Wildman–Crippen LogP) is 3.00. The van der Waals surface area contributed by atoms with Gasteiger partial charge in [-0.1, -0.05) is 11.6 Å². The standard InChI is InChI=1S/C16H24ClNO3/c1-4-21-14-8-11(7-13(17)15(14)20-3)9-18-16(2,10-19)12-5-6-12/h7-8,12,18-19H,4-6,9-10H2,1-3H3. The van der Waals surface area contributed by atoms with Gasteiger partial charge in [-0.2, -0.15) is 0 Å². The lowest BCUT2D eigenvalue weighted by Gasteiger charge is -2.29. The number of rotatable bonds is 8. The molecule has 1 aromatic rings. The van der Waals surface area contributed by atoms with Crippen LogP contribution < -0.4 is 14.8 Å². The highest BCUT2D eigenvalue weighted by Gasteiger charge is 2.40. The van der Waals surface area contributed by atoms with E-state index in [-0.39, 0.29) is 12.1 Å². The molecule has 1 unspecified atom stereocenters. The normalized spacial score (nSPS) is 17.4. The minimum Gasteiger partial charge on any atom is -0.491 e. The zero-order valence-electron chi connectivity index (χ0n) is 12.9. The van der Waals surface area contributed by atoms with E-state index in [1.807, 2.05) is 19.1 Å². The average Bonchev–Trinajstić information content (AvgIpc) is 3.30. The Kier molecular flexibility index (Phi) is 5.36. The molecule has 1 saturated carbocycles. The molecule has 4 nitrogen and oxygen atoms in total. The minimum atomic E-state index is -0.224. The average molecular weight is 314 g/mol. The number of aliphatic hydroxyl groups excluding tert-OH is 1. The van der Waals surface area contributed by atoms with Gasteiger partial charge >= 0.3 is 0 Å². The van der Waals surface area contributed by atoms with Crippen molar-refractivity contribution in [3.05, 3.63) is 22.7 Å². The molecule has 0 radical (unpaired) electrons. The molecule has 0 spiro atoms. The van der Waals surface area contributed by atoms with Crippen molar-refractivity contribution in [2.75, 3.05) is 20.3 Å². The van der Waals surface area contributed by atoms with Crippen LogP contribution in [-0.2, 0) is 6.54 Å². The van der Waals surface area contributed by atoms with Crippen LogP contribution in [0.2, 0.25) is 5.02 Å². The second-order valence-corrected chi connectivity index (χ2v) is 6.15. The monoisotopic (exact) mass is 313 g/mol. The van der Waals surface area contributed by atoms with Gasteiger partial charge in [0.2, 0.25) is 0 Å². The van der Waals surface area contributed by atoms with Crippen LogP contribution in [-0.4, -0.2) is 31.0 Å². The molecule has 0 saturated heterocycles. The fourth-order valence-electron chi connectivity index (χ4n) is 2.54. The summed E-state index contributed by atoms with van der Waals surface area (Å²) in [4.78, 5) is 0. The van der Waals surface area contributed by atoms with E-state index in [0.717, 1.165) is 5.56 Å². The van der Waals surface area contributed by atoms with Gasteiger partial charge in [-0.15, -0.1) is 0 Å². The van der Waals surface area contributed by atoms with Gasteiger partial charge < -0.3 is 19.9 Å². The summed E-state index contributed by atoms with van der Waals surface area (Å²) < 4.78 is 10.9. The Morgan fingerprint density at radius 3 is 2.67 bits per heavy atom. The molecule has 0 heterocycles. The van der Waals surface area contributed by atoms with Crippen LogP contribution in [0.5, 0.6) is 11.5 Å². The van der Waals surface area contributed by atoms with Crippen molar-refractivity contribution >= 4 is 11.6 Å². The van der Waals surface area contributed by atoms with Gasteiger partial charge in [-0.25, -0.2) is 0 Å². The number of hydrogen-bond donors (Lipinski definition) is 2. The van der Waals surface area contributed by atoms with Crippen molar-refractivity contribution in [2.45, 2.75) is 38.8 Å². The Labute approximate surface area is 131 Å². The molecule has 1 atom stereocenters. The van der Waals surface area contributed by atoms with Crippen molar-refractivity contribution in [1.82, 2.24) is 5.32 Å². The number of aliphatic hydroxyl groups is 1. The van der Waals surface area contributed by atoms with Crippen molar-refractivity contribution in [1.29, 1.82) is 0 Å². The Balaban J connectivity index is 2.12. The SMILES string of the molecule is CCOc1cc(CNC(C)(CO)C2CC2)cc(Cl)c1OC. The second kappa shape index (κ2) is 6.86. The molecule has 5 heteroatoms. The summed E-state index contributed by atoms with van der Waals surface area (Å²) in [5.41, 5.74) is 0.794. The summed E-state index contributed by atoms with van der Waals surface area (Å²) in [6.07, 6.45) is 2.36. The van der Waals surface area contributed by atoms with Gasteiger partial charge in [0.15, 0.2) is 11.5 Å². The van der Waals surface area contributed by atoms with E-state index >= 15 is 0 Å². The van der Waals surface area contributed by atoms with Crippen LogP contribution in [0.3, 0.4) is 0 Å². The van der Waals surface area contributed by atoms with E-state index < -0.39 is 0 Å². The van der Waals surface area contributed by atoms with Gasteiger partial charge in [0.25, 0.3) is 0 Å². The van der Waals surface area contributed by atoms with Crippen LogP contribution in [0.4, 0.5) is 0 Å². The number of hydrogen-bond acceptors (Lipinski definition) is 4. The number of nitrogens with one attached hydrogen (secondary N) is 1. The highest BCUT2D eigenvalue weighted by molar-refractivity contribution is 6.32. The molecule has 1 aliphatic carbocycles. The van der Waals surface area contributed by atoms with Crippen molar-refractivity contribution in [3.8, 4) is 11.5 Å². The van der Waals surface area contributed by atoms with E-state index in [4.69, 9.17) is 21.1 Å². The van der Waals surface area contributed by atoms with Crippen molar-refractivity contribution in [3.63, 3.8) is 0 Å². The Bertz CT molecular complexity index is 491. The molecule has 1 aromatic carbocycles. The summed E-state index contributed by atoms with van der Waals surface area (Å²) in [5.74, 6) is 1.78. The molecule has 2 N–H and O–H groups in total. The van der Waals surface area contributed by atoms with Crippen LogP contribution >= 0.6 is 11.6 Å². The third kappa shape index (κ3) is 3.82. The first kappa shape index (κ1) is 16.4. The van der Waals surface area contributed by atoms with Gasteiger partial charge in [0, 0.05) is 12.1 Å². The first-order valence-electron chi connectivity index (χ1n) is 7.39. The molecule has 1 fully saturated rings. The zero-order chi connectivity index (χ0) is 15.5. The minimum absolute atomic E-state index is 0.139.